The number of likely N-dealkylation sites (tertiary alicyclic amines) is 1. The standard InChI is InChI=1S/C23H30F2N2O2S.C4H10.CH2O2/c1-16-10-18(11-17-6-8-28-9-7-17)14-27(13-16)15-19-12-26-22(30-19)20-4-2-3-5-21(20)29-23(24)25;1-4(2)3;2-1-3/h2-5,12,16-18,23H,6-11,13-15H2,1H3;4H,1-3H3;1H,(H,2,3). The molecule has 0 saturated carbocycles. The van der Waals surface area contributed by atoms with Gasteiger partial charge in [-0.25, -0.2) is 4.98 Å². The molecule has 4 rings (SSSR count). The molecule has 1 aromatic heterocycles. The van der Waals surface area contributed by atoms with Crippen LogP contribution in [0.5, 0.6) is 5.75 Å². The van der Waals surface area contributed by atoms with E-state index in [1.807, 2.05) is 12.3 Å². The van der Waals surface area contributed by atoms with Crippen LogP contribution in [-0.4, -0.2) is 54.4 Å². The summed E-state index contributed by atoms with van der Waals surface area (Å²) in [7, 11) is 0. The smallest absolute Gasteiger partial charge is 0.387 e. The maximum atomic E-state index is 12.7. The first-order valence-corrected chi connectivity index (χ1v) is 13.9. The van der Waals surface area contributed by atoms with E-state index in [2.05, 4.69) is 42.3 Å². The van der Waals surface area contributed by atoms with E-state index in [1.165, 1.54) is 25.7 Å². The highest BCUT2D eigenvalue weighted by atomic mass is 32.1. The number of thiazole rings is 1. The SMILES string of the molecule is CC(C)C.CC1CC(CC2CCOCC2)CN(Cc2cnc(-c3ccccc3OC(F)F)s2)C1.O=CO. The van der Waals surface area contributed by atoms with Crippen LogP contribution in [0.1, 0.15) is 58.3 Å². The van der Waals surface area contributed by atoms with Crippen LogP contribution in [0.2, 0.25) is 0 Å². The van der Waals surface area contributed by atoms with Gasteiger partial charge in [-0.15, -0.1) is 11.3 Å². The van der Waals surface area contributed by atoms with Crippen molar-refractivity contribution in [3.05, 3.63) is 35.3 Å². The van der Waals surface area contributed by atoms with Crippen molar-refractivity contribution in [1.29, 1.82) is 0 Å². The second-order valence-corrected chi connectivity index (χ2v) is 11.7. The molecule has 2 aliphatic heterocycles. The van der Waals surface area contributed by atoms with Crippen molar-refractivity contribution in [2.24, 2.45) is 23.7 Å². The Morgan fingerprint density at radius 3 is 2.49 bits per heavy atom. The van der Waals surface area contributed by atoms with Gasteiger partial charge in [0.25, 0.3) is 6.47 Å². The van der Waals surface area contributed by atoms with Gasteiger partial charge in [-0.2, -0.15) is 8.78 Å². The Balaban J connectivity index is 0.000000616. The van der Waals surface area contributed by atoms with E-state index in [9.17, 15) is 8.78 Å². The molecule has 1 aromatic carbocycles. The number of halogens is 2. The molecule has 0 aliphatic carbocycles. The molecule has 0 radical (unpaired) electrons. The average Bonchev–Trinajstić information content (AvgIpc) is 3.28. The number of rotatable bonds is 7. The Morgan fingerprint density at radius 1 is 1.19 bits per heavy atom. The summed E-state index contributed by atoms with van der Waals surface area (Å²) in [6, 6.07) is 6.87. The first kappa shape index (κ1) is 31.1. The van der Waals surface area contributed by atoms with Crippen LogP contribution < -0.4 is 4.74 Å². The molecular weight excluding hydrogens is 498 g/mol. The number of para-hydroxylation sites is 1. The number of hydrogen-bond donors (Lipinski definition) is 1. The van der Waals surface area contributed by atoms with E-state index in [0.29, 0.717) is 11.5 Å². The van der Waals surface area contributed by atoms with Crippen LogP contribution in [0.4, 0.5) is 8.78 Å². The first-order valence-electron chi connectivity index (χ1n) is 13.1. The Bertz CT molecular complexity index is 903. The van der Waals surface area contributed by atoms with Gasteiger partial charge in [0.2, 0.25) is 0 Å². The molecule has 6 nitrogen and oxygen atoms in total. The lowest BCUT2D eigenvalue weighted by Gasteiger charge is -2.38. The van der Waals surface area contributed by atoms with Crippen molar-refractivity contribution in [2.75, 3.05) is 26.3 Å². The number of nitrogens with zero attached hydrogens (tertiary/aromatic N) is 2. The highest BCUT2D eigenvalue weighted by Gasteiger charge is 2.28. The van der Waals surface area contributed by atoms with Gasteiger partial charge in [-0.3, -0.25) is 9.69 Å². The van der Waals surface area contributed by atoms with Gasteiger partial charge >= 0.3 is 6.61 Å². The second-order valence-electron chi connectivity index (χ2n) is 10.5. The van der Waals surface area contributed by atoms with Gasteiger partial charge in [0, 0.05) is 43.9 Å². The molecule has 9 heteroatoms. The third-order valence-corrected chi connectivity index (χ3v) is 7.11. The van der Waals surface area contributed by atoms with E-state index < -0.39 is 6.61 Å². The second kappa shape index (κ2) is 16.7. The van der Waals surface area contributed by atoms with Gasteiger partial charge in [0.15, 0.2) is 0 Å². The molecule has 2 atom stereocenters. The number of benzene rings is 1. The molecule has 3 heterocycles. The maximum absolute atomic E-state index is 12.7. The molecule has 0 amide bonds. The zero-order valence-corrected chi connectivity index (χ0v) is 23.3. The van der Waals surface area contributed by atoms with Crippen LogP contribution in [0.15, 0.2) is 30.5 Å². The summed E-state index contributed by atoms with van der Waals surface area (Å²) >= 11 is 1.56. The number of carbonyl (C=O) groups is 1. The summed E-state index contributed by atoms with van der Waals surface area (Å²) in [6.45, 7) is 10.7. The van der Waals surface area contributed by atoms with Crippen LogP contribution in [0, 0.1) is 23.7 Å². The number of ether oxygens (including phenoxy) is 2. The van der Waals surface area contributed by atoms with Gasteiger partial charge in [-0.05, 0) is 61.5 Å². The fraction of sp³-hybridized carbons (Fsp3) is 0.643. The van der Waals surface area contributed by atoms with Crippen molar-refractivity contribution < 1.29 is 28.2 Å². The molecular formula is C28H42F2N2O4S. The minimum Gasteiger partial charge on any atom is -0.483 e. The number of alkyl halides is 2. The third-order valence-electron chi connectivity index (χ3n) is 6.10. The average molecular weight is 541 g/mol. The van der Waals surface area contributed by atoms with Crippen molar-refractivity contribution >= 4 is 17.8 Å². The fourth-order valence-corrected chi connectivity index (χ4v) is 5.90. The lowest BCUT2D eigenvalue weighted by Crippen LogP contribution is -2.39. The lowest BCUT2D eigenvalue weighted by atomic mass is 9.81. The van der Waals surface area contributed by atoms with Crippen LogP contribution in [0.3, 0.4) is 0 Å². The topological polar surface area (TPSA) is 71.9 Å². The fourth-order valence-electron chi connectivity index (χ4n) is 4.92. The minimum atomic E-state index is -2.84. The summed E-state index contributed by atoms with van der Waals surface area (Å²) in [5, 5.41) is 7.62. The molecule has 1 N–H and O–H groups in total. The zero-order chi connectivity index (χ0) is 27.2. The van der Waals surface area contributed by atoms with Gasteiger partial charge in [0.05, 0.1) is 5.56 Å². The quantitative estimate of drug-likeness (QED) is 0.380. The summed E-state index contributed by atoms with van der Waals surface area (Å²) < 4.78 is 35.6. The number of carboxylic acid groups (broad SMARTS) is 1. The van der Waals surface area contributed by atoms with Crippen molar-refractivity contribution in [3.63, 3.8) is 0 Å². The molecule has 2 unspecified atom stereocenters. The molecule has 2 fully saturated rings. The normalized spacial score (nSPS) is 20.5. The van der Waals surface area contributed by atoms with E-state index in [0.717, 1.165) is 60.5 Å². The third kappa shape index (κ3) is 11.9. The van der Waals surface area contributed by atoms with Crippen LogP contribution >= 0.6 is 11.3 Å². The Labute approximate surface area is 224 Å². The van der Waals surface area contributed by atoms with Crippen LogP contribution in [-0.2, 0) is 16.1 Å². The van der Waals surface area contributed by atoms with Crippen molar-refractivity contribution in [2.45, 2.75) is 66.5 Å². The van der Waals surface area contributed by atoms with Gasteiger partial charge in [-0.1, -0.05) is 39.8 Å². The summed E-state index contributed by atoms with van der Waals surface area (Å²) in [5.74, 6) is 3.24. The molecule has 0 bridgehead atoms. The summed E-state index contributed by atoms with van der Waals surface area (Å²) in [6.07, 6.45) is 6.88. The zero-order valence-electron chi connectivity index (χ0n) is 22.4. The van der Waals surface area contributed by atoms with Crippen molar-refractivity contribution in [1.82, 2.24) is 9.88 Å². The number of piperidine rings is 1. The van der Waals surface area contributed by atoms with Crippen molar-refractivity contribution in [3.8, 4) is 16.3 Å². The van der Waals surface area contributed by atoms with Crippen LogP contribution in [0.25, 0.3) is 10.6 Å². The summed E-state index contributed by atoms with van der Waals surface area (Å²) in [4.78, 5) is 16.6. The van der Waals surface area contributed by atoms with E-state index >= 15 is 0 Å². The minimum absolute atomic E-state index is 0.177. The molecule has 2 aromatic rings. The van der Waals surface area contributed by atoms with Gasteiger partial charge < -0.3 is 14.6 Å². The predicted molar refractivity (Wildman–Crippen MR) is 144 cm³/mol. The Morgan fingerprint density at radius 2 is 1.84 bits per heavy atom. The highest BCUT2D eigenvalue weighted by molar-refractivity contribution is 7.15. The Hall–Kier alpha value is -2.10. The maximum Gasteiger partial charge on any atom is 0.387 e. The molecule has 0 spiro atoms. The monoisotopic (exact) mass is 540 g/mol. The Kier molecular flexibility index (Phi) is 14.0. The predicted octanol–water partition coefficient (Wildman–Crippen LogP) is 7.05. The van der Waals surface area contributed by atoms with E-state index in [4.69, 9.17) is 14.6 Å². The van der Waals surface area contributed by atoms with E-state index in [1.54, 1.807) is 29.5 Å². The molecule has 37 heavy (non-hydrogen) atoms. The number of hydrogen-bond acceptors (Lipinski definition) is 6. The summed E-state index contributed by atoms with van der Waals surface area (Å²) in [5.41, 5.74) is 0.624. The van der Waals surface area contributed by atoms with Gasteiger partial charge in [0.1, 0.15) is 10.8 Å². The van der Waals surface area contributed by atoms with E-state index in [-0.39, 0.29) is 12.2 Å². The lowest BCUT2D eigenvalue weighted by molar-refractivity contribution is -0.122. The molecule has 2 saturated heterocycles. The molecule has 208 valence electrons. The molecule has 2 aliphatic rings. The number of aromatic nitrogens is 1. The highest BCUT2D eigenvalue weighted by Crippen LogP contribution is 2.35. The largest absolute Gasteiger partial charge is 0.483 e. The first-order chi connectivity index (χ1) is 17.7.